The lowest BCUT2D eigenvalue weighted by atomic mass is 9.80. The lowest BCUT2D eigenvalue weighted by molar-refractivity contribution is -0.146. The highest BCUT2D eigenvalue weighted by atomic mass is 35.5. The molecule has 1 aliphatic rings. The van der Waals surface area contributed by atoms with Gasteiger partial charge in [-0.15, -0.1) is 18.3 Å². The topological polar surface area (TPSA) is 38.7 Å². The van der Waals surface area contributed by atoms with Crippen molar-refractivity contribution in [3.63, 3.8) is 0 Å². The van der Waals surface area contributed by atoms with Crippen molar-refractivity contribution < 1.29 is 9.53 Å². The average molecular weight is 372 g/mol. The number of ether oxygens (including phenoxy) is 1. The largest absolute Gasteiger partial charge is 0.467 e. The van der Waals surface area contributed by atoms with Crippen LogP contribution < -0.4 is 0 Å². The van der Waals surface area contributed by atoms with Crippen LogP contribution in [0, 0.1) is 0 Å². The van der Waals surface area contributed by atoms with E-state index in [4.69, 9.17) is 21.3 Å². The minimum atomic E-state index is -1.04. The van der Waals surface area contributed by atoms with Crippen LogP contribution in [0.2, 0.25) is 5.02 Å². The van der Waals surface area contributed by atoms with E-state index in [0.717, 1.165) is 16.2 Å². The zero-order valence-electron chi connectivity index (χ0n) is 13.8. The summed E-state index contributed by atoms with van der Waals surface area (Å²) in [5, 5.41) is 1.45. The van der Waals surface area contributed by atoms with Crippen LogP contribution in [0.15, 0.2) is 72.2 Å². The molecule has 3 rings (SSSR count). The average Bonchev–Trinajstić information content (AvgIpc) is 3.09. The molecule has 5 heteroatoms. The van der Waals surface area contributed by atoms with Crippen LogP contribution in [0.3, 0.4) is 0 Å². The van der Waals surface area contributed by atoms with Crippen LogP contribution in [0.1, 0.15) is 17.0 Å². The van der Waals surface area contributed by atoms with E-state index in [9.17, 15) is 4.79 Å². The molecule has 0 saturated heterocycles. The van der Waals surface area contributed by atoms with Gasteiger partial charge >= 0.3 is 5.97 Å². The number of halogens is 1. The summed E-state index contributed by atoms with van der Waals surface area (Å²) in [7, 11) is 1.39. The molecule has 0 unspecified atom stereocenters. The van der Waals surface area contributed by atoms with Crippen molar-refractivity contribution in [3.05, 3.63) is 83.4 Å². The molecule has 0 bridgehead atoms. The lowest BCUT2D eigenvalue weighted by Crippen LogP contribution is -2.44. The molecule has 1 heterocycles. The quantitative estimate of drug-likeness (QED) is 0.564. The summed E-state index contributed by atoms with van der Waals surface area (Å²) >= 11 is 7.70. The predicted octanol–water partition coefficient (Wildman–Crippen LogP) is 4.72. The second kappa shape index (κ2) is 7.46. The molecule has 0 spiro atoms. The number of hydrogen-bond acceptors (Lipinski definition) is 4. The smallest absolute Gasteiger partial charge is 0.335 e. The van der Waals surface area contributed by atoms with Crippen molar-refractivity contribution in [1.29, 1.82) is 0 Å². The maximum atomic E-state index is 12.7. The summed E-state index contributed by atoms with van der Waals surface area (Å²) in [5.74, 6) is -0.198. The number of hydrogen-bond donors (Lipinski definition) is 0. The molecule has 0 radical (unpaired) electrons. The van der Waals surface area contributed by atoms with Gasteiger partial charge in [-0.2, -0.15) is 0 Å². The SMILES string of the molecule is C=C[C@@H](c1cccc(Cl)c1)[C@@]1(C(=O)OC)CSC(c2ccccc2)=N1. The van der Waals surface area contributed by atoms with Gasteiger partial charge in [-0.1, -0.05) is 60.1 Å². The van der Waals surface area contributed by atoms with Gasteiger partial charge in [0.05, 0.1) is 12.2 Å². The highest BCUT2D eigenvalue weighted by Crippen LogP contribution is 2.43. The van der Waals surface area contributed by atoms with Gasteiger partial charge in [-0.3, -0.25) is 4.99 Å². The zero-order chi connectivity index (χ0) is 17.9. The minimum Gasteiger partial charge on any atom is -0.467 e. The van der Waals surface area contributed by atoms with Crippen LogP contribution in [0.4, 0.5) is 0 Å². The maximum absolute atomic E-state index is 12.7. The van der Waals surface area contributed by atoms with Crippen LogP contribution in [-0.4, -0.2) is 29.4 Å². The number of benzene rings is 2. The summed E-state index contributed by atoms with van der Waals surface area (Å²) in [6.45, 7) is 3.94. The number of nitrogens with zero attached hydrogens (tertiary/aromatic N) is 1. The lowest BCUT2D eigenvalue weighted by Gasteiger charge is -2.30. The Balaban J connectivity index is 2.10. The molecular weight excluding hydrogens is 354 g/mol. The standard InChI is InChI=1S/C20H18ClNO2S/c1-3-17(15-10-7-11-16(21)12-15)20(19(23)24-2)13-25-18(22-20)14-8-5-4-6-9-14/h3-12,17H,1,13H2,2H3/t17-,20+/m0/s1. The predicted molar refractivity (Wildman–Crippen MR) is 105 cm³/mol. The first-order chi connectivity index (χ1) is 12.1. The van der Waals surface area contributed by atoms with Gasteiger partial charge in [0.1, 0.15) is 0 Å². The van der Waals surface area contributed by atoms with Crippen molar-refractivity contribution in [2.24, 2.45) is 4.99 Å². The number of thioether (sulfide) groups is 1. The Morgan fingerprint density at radius 2 is 2.08 bits per heavy atom. The molecule has 128 valence electrons. The van der Waals surface area contributed by atoms with E-state index in [-0.39, 0.29) is 11.9 Å². The fraction of sp³-hybridized carbons (Fsp3) is 0.200. The third kappa shape index (κ3) is 3.37. The molecule has 0 aliphatic carbocycles. The van der Waals surface area contributed by atoms with E-state index in [2.05, 4.69) is 6.58 Å². The van der Waals surface area contributed by atoms with Gasteiger partial charge < -0.3 is 4.74 Å². The first-order valence-corrected chi connectivity index (χ1v) is 9.21. The molecule has 2 aromatic rings. The monoisotopic (exact) mass is 371 g/mol. The second-order valence-electron chi connectivity index (χ2n) is 5.76. The Morgan fingerprint density at radius 3 is 2.72 bits per heavy atom. The van der Waals surface area contributed by atoms with Crippen molar-refractivity contribution in [1.82, 2.24) is 0 Å². The molecule has 1 aliphatic heterocycles. The molecule has 25 heavy (non-hydrogen) atoms. The number of esters is 1. The minimum absolute atomic E-state index is 0.327. The summed E-state index contributed by atoms with van der Waals surface area (Å²) < 4.78 is 5.12. The van der Waals surface area contributed by atoms with Crippen LogP contribution in [-0.2, 0) is 9.53 Å². The molecule has 0 fully saturated rings. The fourth-order valence-corrected chi connectivity index (χ4v) is 4.47. The Morgan fingerprint density at radius 1 is 1.32 bits per heavy atom. The number of rotatable bonds is 5. The first-order valence-electron chi connectivity index (χ1n) is 7.85. The van der Waals surface area contributed by atoms with Gasteiger partial charge in [0.25, 0.3) is 0 Å². The van der Waals surface area contributed by atoms with Crippen LogP contribution in [0.25, 0.3) is 0 Å². The van der Waals surface area contributed by atoms with E-state index in [1.54, 1.807) is 23.9 Å². The highest BCUT2D eigenvalue weighted by Gasteiger charge is 2.50. The normalized spacial score (nSPS) is 20.6. The number of methoxy groups -OCH3 is 1. The van der Waals surface area contributed by atoms with Gasteiger partial charge in [0, 0.05) is 22.3 Å². The molecule has 0 N–H and O–H groups in total. The summed E-state index contributed by atoms with van der Waals surface area (Å²) in [6, 6.07) is 17.3. The molecule has 2 aromatic carbocycles. The van der Waals surface area contributed by atoms with E-state index in [1.165, 1.54) is 7.11 Å². The maximum Gasteiger partial charge on any atom is 0.335 e. The van der Waals surface area contributed by atoms with Crippen LogP contribution >= 0.6 is 23.4 Å². The third-order valence-electron chi connectivity index (χ3n) is 4.25. The Labute approximate surface area is 156 Å². The molecule has 3 nitrogen and oxygen atoms in total. The summed E-state index contributed by atoms with van der Waals surface area (Å²) in [4.78, 5) is 17.6. The molecule has 0 aromatic heterocycles. The van der Waals surface area contributed by atoms with Gasteiger partial charge in [-0.25, -0.2) is 4.79 Å². The Bertz CT molecular complexity index is 821. The fourth-order valence-electron chi connectivity index (χ4n) is 3.03. The summed E-state index contributed by atoms with van der Waals surface area (Å²) in [6.07, 6.45) is 1.75. The van der Waals surface area contributed by atoms with E-state index < -0.39 is 5.54 Å². The first kappa shape index (κ1) is 17.8. The molecule has 0 amide bonds. The second-order valence-corrected chi connectivity index (χ2v) is 7.16. The van der Waals surface area contributed by atoms with Gasteiger partial charge in [0.2, 0.25) is 0 Å². The molecular formula is C20H18ClNO2S. The zero-order valence-corrected chi connectivity index (χ0v) is 15.4. The van der Waals surface area contributed by atoms with Crippen LogP contribution in [0.5, 0.6) is 0 Å². The van der Waals surface area contributed by atoms with E-state index in [1.807, 2.05) is 48.5 Å². The van der Waals surface area contributed by atoms with E-state index in [0.29, 0.717) is 10.8 Å². The number of carbonyl (C=O) groups excluding carboxylic acids is 1. The molecule has 0 saturated carbocycles. The van der Waals surface area contributed by atoms with Crippen molar-refractivity contribution in [3.8, 4) is 0 Å². The Hall–Kier alpha value is -2.04. The van der Waals surface area contributed by atoms with Crippen molar-refractivity contribution in [2.75, 3.05) is 12.9 Å². The summed E-state index contributed by atoms with van der Waals surface area (Å²) in [5.41, 5.74) is 0.843. The molecule has 2 atom stereocenters. The van der Waals surface area contributed by atoms with Gasteiger partial charge in [-0.05, 0) is 17.7 Å². The Kier molecular flexibility index (Phi) is 5.30. The third-order valence-corrected chi connectivity index (χ3v) is 5.67. The van der Waals surface area contributed by atoms with E-state index >= 15 is 0 Å². The van der Waals surface area contributed by atoms with Gasteiger partial charge in [0.15, 0.2) is 5.54 Å². The van der Waals surface area contributed by atoms with Crippen molar-refractivity contribution in [2.45, 2.75) is 11.5 Å². The van der Waals surface area contributed by atoms with Crippen molar-refractivity contribution >= 4 is 34.4 Å². The number of aliphatic imine (C=N–C) groups is 1. The number of carbonyl (C=O) groups is 1. The highest BCUT2D eigenvalue weighted by molar-refractivity contribution is 8.14.